The largest absolute Gasteiger partial charge is 0.221 e. The smallest absolute Gasteiger partial charge is 0.206 e. The molecule has 0 aliphatic heterocycles. The zero-order valence-corrected chi connectivity index (χ0v) is 8.87. The van der Waals surface area contributed by atoms with Crippen LogP contribution < -0.4 is 0 Å². The molecule has 0 radical (unpaired) electrons. The second-order valence-electron chi connectivity index (χ2n) is 3.12. The van der Waals surface area contributed by atoms with Crippen LogP contribution in [0.2, 0.25) is 0 Å². The Labute approximate surface area is 84.1 Å². The van der Waals surface area contributed by atoms with Gasteiger partial charge in [-0.1, -0.05) is 32.6 Å². The lowest BCUT2D eigenvalue weighted by atomic mass is 10.1. The summed E-state index contributed by atoms with van der Waals surface area (Å²) in [5.41, 5.74) is 0. The Morgan fingerprint density at radius 2 is 2.00 bits per heavy atom. The summed E-state index contributed by atoms with van der Waals surface area (Å²) in [4.78, 5) is 0. The highest BCUT2D eigenvalue weighted by Gasteiger charge is 1.99. The Bertz CT molecular complexity index is 236. The lowest BCUT2D eigenvalue weighted by Crippen LogP contribution is -2.01. The molecule has 0 aliphatic rings. The van der Waals surface area contributed by atoms with Gasteiger partial charge >= 0.3 is 0 Å². The average molecular weight is 200 g/mol. The highest BCUT2D eigenvalue weighted by atomic mass is 32.1. The SMILES string of the molecule is CCCCCCCn1nnnc1S. The lowest BCUT2D eigenvalue weighted by molar-refractivity contribution is 0.495. The Kier molecular flexibility index (Phi) is 4.82. The molecule has 0 aromatic carbocycles. The van der Waals surface area contributed by atoms with Crippen LogP contribution in [0.4, 0.5) is 0 Å². The van der Waals surface area contributed by atoms with Crippen molar-refractivity contribution >= 4 is 12.6 Å². The van der Waals surface area contributed by atoms with E-state index >= 15 is 0 Å². The van der Waals surface area contributed by atoms with Crippen molar-refractivity contribution in [1.29, 1.82) is 0 Å². The van der Waals surface area contributed by atoms with Gasteiger partial charge in [0.15, 0.2) is 0 Å². The molecule has 1 rings (SSSR count). The standard InChI is InChI=1S/C8H16N4S/c1-2-3-4-5-6-7-12-8(13)9-10-11-12/h2-7H2,1H3,(H,9,11,13). The number of tetrazole rings is 1. The Balaban J connectivity index is 2.10. The molecular formula is C8H16N4S. The minimum atomic E-state index is 0.607. The van der Waals surface area contributed by atoms with Crippen LogP contribution in [0.1, 0.15) is 39.0 Å². The first-order valence-electron chi connectivity index (χ1n) is 4.79. The number of aryl methyl sites for hydroxylation is 1. The van der Waals surface area contributed by atoms with E-state index in [-0.39, 0.29) is 0 Å². The van der Waals surface area contributed by atoms with Crippen LogP contribution in [0.3, 0.4) is 0 Å². The second-order valence-corrected chi connectivity index (χ2v) is 3.52. The van der Waals surface area contributed by atoms with Gasteiger partial charge in [-0.2, -0.15) is 0 Å². The quantitative estimate of drug-likeness (QED) is 0.563. The number of aromatic nitrogens is 4. The van der Waals surface area contributed by atoms with Crippen LogP contribution in [0, 0.1) is 0 Å². The van der Waals surface area contributed by atoms with Crippen molar-refractivity contribution < 1.29 is 0 Å². The maximum Gasteiger partial charge on any atom is 0.206 e. The van der Waals surface area contributed by atoms with Gasteiger partial charge in [-0.15, -0.1) is 17.7 Å². The van der Waals surface area contributed by atoms with Crippen LogP contribution in [0.5, 0.6) is 0 Å². The van der Waals surface area contributed by atoms with E-state index in [0.717, 1.165) is 13.0 Å². The van der Waals surface area contributed by atoms with Crippen LogP contribution in [-0.2, 0) is 6.54 Å². The fraction of sp³-hybridized carbons (Fsp3) is 0.875. The molecule has 0 atom stereocenters. The van der Waals surface area contributed by atoms with E-state index in [0.29, 0.717) is 5.16 Å². The zero-order valence-electron chi connectivity index (χ0n) is 7.98. The Morgan fingerprint density at radius 3 is 2.62 bits per heavy atom. The van der Waals surface area contributed by atoms with Crippen molar-refractivity contribution in [2.24, 2.45) is 0 Å². The molecule has 1 aromatic rings. The minimum absolute atomic E-state index is 0.607. The van der Waals surface area contributed by atoms with Crippen molar-refractivity contribution in [2.45, 2.75) is 50.7 Å². The number of nitrogens with zero attached hydrogens (tertiary/aromatic N) is 4. The predicted molar refractivity (Wildman–Crippen MR) is 53.8 cm³/mol. The molecule has 0 aliphatic carbocycles. The summed E-state index contributed by atoms with van der Waals surface area (Å²) in [6, 6.07) is 0. The molecule has 1 heterocycles. The Hall–Kier alpha value is -0.580. The van der Waals surface area contributed by atoms with Crippen molar-refractivity contribution in [3.05, 3.63) is 0 Å². The molecule has 1 aromatic heterocycles. The van der Waals surface area contributed by atoms with Gasteiger partial charge in [-0.3, -0.25) is 0 Å². The number of thiol groups is 1. The van der Waals surface area contributed by atoms with E-state index in [1.807, 2.05) is 0 Å². The van der Waals surface area contributed by atoms with Crippen LogP contribution in [-0.4, -0.2) is 20.2 Å². The summed E-state index contributed by atoms with van der Waals surface area (Å²) < 4.78 is 1.73. The van der Waals surface area contributed by atoms with E-state index in [1.165, 1.54) is 25.7 Å². The first-order chi connectivity index (χ1) is 6.34. The fourth-order valence-electron chi connectivity index (χ4n) is 1.21. The van der Waals surface area contributed by atoms with Gasteiger partial charge in [-0.25, -0.2) is 4.68 Å². The van der Waals surface area contributed by atoms with Crippen molar-refractivity contribution in [3.63, 3.8) is 0 Å². The van der Waals surface area contributed by atoms with Gasteiger partial charge in [0, 0.05) is 6.54 Å². The number of hydrogen-bond acceptors (Lipinski definition) is 4. The van der Waals surface area contributed by atoms with Crippen molar-refractivity contribution in [2.75, 3.05) is 0 Å². The highest BCUT2D eigenvalue weighted by molar-refractivity contribution is 7.80. The summed E-state index contributed by atoms with van der Waals surface area (Å²) in [6.07, 6.45) is 6.30. The van der Waals surface area contributed by atoms with Gasteiger partial charge in [0.1, 0.15) is 0 Å². The first kappa shape index (κ1) is 10.5. The number of unbranched alkanes of at least 4 members (excludes halogenated alkanes) is 4. The third-order valence-corrected chi connectivity index (χ3v) is 2.31. The summed E-state index contributed by atoms with van der Waals surface area (Å²) in [5.74, 6) is 0. The Morgan fingerprint density at radius 1 is 1.23 bits per heavy atom. The van der Waals surface area contributed by atoms with E-state index < -0.39 is 0 Å². The topological polar surface area (TPSA) is 43.6 Å². The molecular weight excluding hydrogens is 184 g/mol. The fourth-order valence-corrected chi connectivity index (χ4v) is 1.39. The van der Waals surface area contributed by atoms with Gasteiger partial charge < -0.3 is 0 Å². The molecule has 5 heteroatoms. The second kappa shape index (κ2) is 5.96. The molecule has 0 fully saturated rings. The molecule has 0 amide bonds. The van der Waals surface area contributed by atoms with Gasteiger partial charge in [0.2, 0.25) is 5.16 Å². The number of rotatable bonds is 6. The third-order valence-electron chi connectivity index (χ3n) is 1.99. The molecule has 74 valence electrons. The molecule has 4 nitrogen and oxygen atoms in total. The van der Waals surface area contributed by atoms with Gasteiger partial charge in [0.05, 0.1) is 0 Å². The summed E-state index contributed by atoms with van der Waals surface area (Å²) in [5, 5.41) is 11.6. The molecule has 0 bridgehead atoms. The monoisotopic (exact) mass is 200 g/mol. The van der Waals surface area contributed by atoms with Crippen LogP contribution >= 0.6 is 12.6 Å². The zero-order chi connectivity index (χ0) is 9.52. The van der Waals surface area contributed by atoms with Gasteiger partial charge in [-0.05, 0) is 16.8 Å². The maximum atomic E-state index is 4.12. The van der Waals surface area contributed by atoms with E-state index in [2.05, 4.69) is 35.1 Å². The molecule has 0 saturated carbocycles. The highest BCUT2D eigenvalue weighted by Crippen LogP contribution is 2.05. The number of hydrogen-bond donors (Lipinski definition) is 1. The van der Waals surface area contributed by atoms with E-state index in [4.69, 9.17) is 0 Å². The van der Waals surface area contributed by atoms with Crippen molar-refractivity contribution in [1.82, 2.24) is 20.2 Å². The minimum Gasteiger partial charge on any atom is -0.221 e. The van der Waals surface area contributed by atoms with Gasteiger partial charge in [0.25, 0.3) is 0 Å². The lowest BCUT2D eigenvalue weighted by Gasteiger charge is -2.00. The predicted octanol–water partition coefficient (Wildman–Crippen LogP) is 1.93. The average Bonchev–Trinajstić information content (AvgIpc) is 2.52. The molecule has 13 heavy (non-hydrogen) atoms. The molecule has 0 spiro atoms. The van der Waals surface area contributed by atoms with E-state index in [9.17, 15) is 0 Å². The molecule has 0 unspecified atom stereocenters. The normalized spacial score (nSPS) is 10.6. The van der Waals surface area contributed by atoms with Crippen molar-refractivity contribution in [3.8, 4) is 0 Å². The first-order valence-corrected chi connectivity index (χ1v) is 5.24. The third kappa shape index (κ3) is 3.76. The van der Waals surface area contributed by atoms with Crippen LogP contribution in [0.15, 0.2) is 5.16 Å². The molecule has 0 saturated heterocycles. The van der Waals surface area contributed by atoms with E-state index in [1.54, 1.807) is 4.68 Å². The summed E-state index contributed by atoms with van der Waals surface area (Å²) >= 11 is 4.12. The maximum absolute atomic E-state index is 4.12. The molecule has 0 N–H and O–H groups in total. The van der Waals surface area contributed by atoms with Crippen LogP contribution in [0.25, 0.3) is 0 Å². The summed E-state index contributed by atoms with van der Waals surface area (Å²) in [6.45, 7) is 3.10. The summed E-state index contributed by atoms with van der Waals surface area (Å²) in [7, 11) is 0.